The number of rotatable bonds is 4. The first-order chi connectivity index (χ1) is 7.13. The van der Waals surface area contributed by atoms with Crippen molar-refractivity contribution in [2.24, 2.45) is 0 Å². The van der Waals surface area contributed by atoms with E-state index in [1.807, 2.05) is 0 Å². The van der Waals surface area contributed by atoms with Crippen molar-refractivity contribution in [2.75, 3.05) is 11.5 Å². The molecule has 1 aliphatic heterocycles. The Morgan fingerprint density at radius 2 is 2.33 bits per heavy atom. The van der Waals surface area contributed by atoms with Gasteiger partial charge in [-0.2, -0.15) is 11.8 Å². The van der Waals surface area contributed by atoms with E-state index in [2.05, 4.69) is 10.6 Å². The minimum absolute atomic E-state index is 0.182. The Labute approximate surface area is 93.0 Å². The highest BCUT2D eigenvalue weighted by Gasteiger charge is 2.21. The maximum atomic E-state index is 11.4. The molecule has 0 radical (unpaired) electrons. The van der Waals surface area contributed by atoms with Gasteiger partial charge in [-0.25, -0.2) is 9.59 Å². The molecule has 2 atom stereocenters. The molecule has 0 aromatic rings. The number of aliphatic carboxylic acids is 1. The lowest BCUT2D eigenvalue weighted by Gasteiger charge is -2.16. The normalized spacial score (nSPS) is 22.1. The highest BCUT2D eigenvalue weighted by atomic mass is 32.2. The summed E-state index contributed by atoms with van der Waals surface area (Å²) in [4.78, 5) is 22.0. The number of carboxylic acid groups (broad SMARTS) is 1. The van der Waals surface area contributed by atoms with Gasteiger partial charge in [-0.05, 0) is 18.6 Å². The standard InChI is InChI=1S/C9H16N2O3S/c1-2-7(8(12)13)11-9(14)10-6-3-4-15-5-6/h6-7H,2-5H2,1H3,(H,12,13)(H2,10,11,14). The lowest BCUT2D eigenvalue weighted by atomic mass is 10.2. The van der Waals surface area contributed by atoms with Gasteiger partial charge in [0, 0.05) is 11.8 Å². The molecule has 1 rings (SSSR count). The highest BCUT2D eigenvalue weighted by molar-refractivity contribution is 7.99. The molecule has 1 heterocycles. The average molecular weight is 232 g/mol. The summed E-state index contributed by atoms with van der Waals surface area (Å²) in [7, 11) is 0. The number of carboxylic acids is 1. The van der Waals surface area contributed by atoms with Crippen molar-refractivity contribution in [3.8, 4) is 0 Å². The molecular formula is C9H16N2O3S. The largest absolute Gasteiger partial charge is 0.480 e. The first kappa shape index (κ1) is 12.2. The zero-order valence-corrected chi connectivity index (χ0v) is 9.47. The minimum Gasteiger partial charge on any atom is -0.480 e. The first-order valence-corrected chi connectivity index (χ1v) is 6.16. The Morgan fingerprint density at radius 1 is 1.60 bits per heavy atom. The lowest BCUT2D eigenvalue weighted by molar-refractivity contribution is -0.139. The van der Waals surface area contributed by atoms with Gasteiger partial charge in [0.2, 0.25) is 0 Å². The molecule has 15 heavy (non-hydrogen) atoms. The van der Waals surface area contributed by atoms with Crippen LogP contribution in [0.4, 0.5) is 4.79 Å². The van der Waals surface area contributed by atoms with Gasteiger partial charge in [0.1, 0.15) is 6.04 Å². The molecule has 86 valence electrons. The van der Waals surface area contributed by atoms with E-state index in [-0.39, 0.29) is 12.1 Å². The van der Waals surface area contributed by atoms with Crippen molar-refractivity contribution < 1.29 is 14.7 Å². The number of carbonyl (C=O) groups excluding carboxylic acids is 1. The van der Waals surface area contributed by atoms with Gasteiger partial charge in [-0.1, -0.05) is 6.92 Å². The zero-order chi connectivity index (χ0) is 11.3. The van der Waals surface area contributed by atoms with E-state index in [0.29, 0.717) is 6.42 Å². The van der Waals surface area contributed by atoms with Crippen LogP contribution in [0.1, 0.15) is 19.8 Å². The van der Waals surface area contributed by atoms with Gasteiger partial charge in [-0.15, -0.1) is 0 Å². The van der Waals surface area contributed by atoms with E-state index in [1.165, 1.54) is 0 Å². The summed E-state index contributed by atoms with van der Waals surface area (Å²) in [5, 5.41) is 13.9. The Bertz CT molecular complexity index is 242. The van der Waals surface area contributed by atoms with E-state index < -0.39 is 12.0 Å². The van der Waals surface area contributed by atoms with Crippen molar-refractivity contribution in [3.05, 3.63) is 0 Å². The van der Waals surface area contributed by atoms with Gasteiger partial charge in [0.25, 0.3) is 0 Å². The Kier molecular flexibility index (Phi) is 4.74. The fraction of sp³-hybridized carbons (Fsp3) is 0.778. The van der Waals surface area contributed by atoms with E-state index in [4.69, 9.17) is 5.11 Å². The van der Waals surface area contributed by atoms with Crippen LogP contribution in [-0.2, 0) is 4.79 Å². The molecule has 2 amide bonds. The molecule has 0 saturated carbocycles. The van der Waals surface area contributed by atoms with Crippen LogP contribution in [0.3, 0.4) is 0 Å². The van der Waals surface area contributed by atoms with E-state index in [0.717, 1.165) is 17.9 Å². The number of urea groups is 1. The minimum atomic E-state index is -0.992. The van der Waals surface area contributed by atoms with Crippen molar-refractivity contribution >= 4 is 23.8 Å². The maximum Gasteiger partial charge on any atom is 0.326 e. The monoisotopic (exact) mass is 232 g/mol. The summed E-state index contributed by atoms with van der Waals surface area (Å²) in [6, 6.07) is -0.989. The molecule has 1 fully saturated rings. The van der Waals surface area contributed by atoms with Crippen LogP contribution < -0.4 is 10.6 Å². The topological polar surface area (TPSA) is 78.4 Å². The van der Waals surface area contributed by atoms with Crippen molar-refractivity contribution in [1.29, 1.82) is 0 Å². The van der Waals surface area contributed by atoms with Crippen molar-refractivity contribution in [1.82, 2.24) is 10.6 Å². The Balaban J connectivity index is 2.30. The average Bonchev–Trinajstić information content (AvgIpc) is 2.66. The van der Waals surface area contributed by atoms with Gasteiger partial charge < -0.3 is 15.7 Å². The van der Waals surface area contributed by atoms with Crippen molar-refractivity contribution in [2.45, 2.75) is 31.8 Å². The van der Waals surface area contributed by atoms with E-state index >= 15 is 0 Å². The second kappa shape index (κ2) is 5.85. The second-order valence-corrected chi connectivity index (χ2v) is 4.63. The maximum absolute atomic E-state index is 11.4. The van der Waals surface area contributed by atoms with Crippen LogP contribution in [-0.4, -0.2) is 40.7 Å². The highest BCUT2D eigenvalue weighted by Crippen LogP contribution is 2.16. The van der Waals surface area contributed by atoms with Gasteiger partial charge in [0.15, 0.2) is 0 Å². The molecule has 6 heteroatoms. The third-order valence-electron chi connectivity index (χ3n) is 2.28. The van der Waals surface area contributed by atoms with Crippen LogP contribution in [0.25, 0.3) is 0 Å². The molecule has 0 aromatic carbocycles. The second-order valence-electron chi connectivity index (χ2n) is 3.48. The number of amides is 2. The Hall–Kier alpha value is -0.910. The molecule has 3 N–H and O–H groups in total. The third-order valence-corrected chi connectivity index (χ3v) is 3.44. The van der Waals surface area contributed by atoms with Crippen LogP contribution in [0.2, 0.25) is 0 Å². The van der Waals surface area contributed by atoms with Crippen molar-refractivity contribution in [3.63, 3.8) is 0 Å². The fourth-order valence-electron chi connectivity index (χ4n) is 1.37. The third kappa shape index (κ3) is 3.99. The van der Waals surface area contributed by atoms with Gasteiger partial charge in [0.05, 0.1) is 0 Å². The number of nitrogens with one attached hydrogen (secondary N) is 2. The quantitative estimate of drug-likeness (QED) is 0.665. The summed E-state index contributed by atoms with van der Waals surface area (Å²) in [6.45, 7) is 1.73. The molecular weight excluding hydrogens is 216 g/mol. The lowest BCUT2D eigenvalue weighted by Crippen LogP contribution is -2.48. The molecule has 0 aliphatic carbocycles. The SMILES string of the molecule is CCC(NC(=O)NC1CCSC1)C(=O)O. The molecule has 0 spiro atoms. The molecule has 1 aliphatic rings. The Morgan fingerprint density at radius 3 is 2.80 bits per heavy atom. The number of thioether (sulfide) groups is 1. The fourth-order valence-corrected chi connectivity index (χ4v) is 2.52. The van der Waals surface area contributed by atoms with Crippen LogP contribution in [0.15, 0.2) is 0 Å². The van der Waals surface area contributed by atoms with Crippen LogP contribution >= 0.6 is 11.8 Å². The predicted molar refractivity (Wildman–Crippen MR) is 59.1 cm³/mol. The van der Waals surface area contributed by atoms with Crippen LogP contribution in [0, 0.1) is 0 Å². The van der Waals surface area contributed by atoms with E-state index in [1.54, 1.807) is 18.7 Å². The zero-order valence-electron chi connectivity index (χ0n) is 8.66. The summed E-state index contributed by atoms with van der Waals surface area (Å²) in [5.74, 6) is 0.978. The summed E-state index contributed by atoms with van der Waals surface area (Å²) in [6.07, 6.45) is 1.35. The van der Waals surface area contributed by atoms with E-state index in [9.17, 15) is 9.59 Å². The van der Waals surface area contributed by atoms with Gasteiger partial charge >= 0.3 is 12.0 Å². The summed E-state index contributed by atoms with van der Waals surface area (Å²) < 4.78 is 0. The first-order valence-electron chi connectivity index (χ1n) is 5.01. The number of carbonyl (C=O) groups is 2. The molecule has 2 unspecified atom stereocenters. The molecule has 0 aromatic heterocycles. The van der Waals surface area contributed by atoms with Gasteiger partial charge in [-0.3, -0.25) is 0 Å². The summed E-state index contributed by atoms with van der Waals surface area (Å²) in [5.41, 5.74) is 0. The molecule has 0 bridgehead atoms. The smallest absolute Gasteiger partial charge is 0.326 e. The van der Waals surface area contributed by atoms with Crippen LogP contribution in [0.5, 0.6) is 0 Å². The predicted octanol–water partition coefficient (Wildman–Crippen LogP) is 0.654. The number of hydrogen-bond acceptors (Lipinski definition) is 3. The molecule has 5 nitrogen and oxygen atoms in total. The number of hydrogen-bond donors (Lipinski definition) is 3. The summed E-state index contributed by atoms with van der Waals surface area (Å²) >= 11 is 1.80. The molecule has 1 saturated heterocycles.